The molecule has 0 radical (unpaired) electrons. The molecule has 1 rings (SSSR count). The number of hydrogen-bond acceptors (Lipinski definition) is 4. The van der Waals surface area contributed by atoms with Gasteiger partial charge in [0.25, 0.3) is 0 Å². The Morgan fingerprint density at radius 3 is 2.52 bits per heavy atom. The molecule has 7 nitrogen and oxygen atoms in total. The minimum atomic E-state index is -0.0524. The number of carbonyl (C=O) groups is 1. The maximum absolute atomic E-state index is 12.4. The number of methoxy groups -OCH3 is 1. The fourth-order valence-corrected chi connectivity index (χ4v) is 2.39. The van der Waals surface area contributed by atoms with E-state index in [1.54, 1.807) is 12.0 Å². The van der Waals surface area contributed by atoms with Crippen LogP contribution < -0.4 is 5.32 Å². The highest BCUT2D eigenvalue weighted by Crippen LogP contribution is 2.14. The molecule has 0 saturated heterocycles. The second-order valence-corrected chi connectivity index (χ2v) is 6.08. The van der Waals surface area contributed by atoms with Crippen LogP contribution in [-0.4, -0.2) is 73.1 Å². The lowest BCUT2D eigenvalue weighted by Gasteiger charge is -2.23. The average molecular weight is 325 g/mol. The number of hydrogen-bond donors (Lipinski definition) is 1. The molecule has 1 aromatic rings. The molecular weight excluding hydrogens is 294 g/mol. The van der Waals surface area contributed by atoms with E-state index in [9.17, 15) is 4.79 Å². The molecule has 23 heavy (non-hydrogen) atoms. The van der Waals surface area contributed by atoms with Crippen molar-refractivity contribution in [2.24, 2.45) is 7.05 Å². The average Bonchev–Trinajstić information content (AvgIpc) is 2.73. The lowest BCUT2D eigenvalue weighted by molar-refractivity contribution is 0.146. The number of rotatable bonds is 9. The Balaban J connectivity index is 2.65. The second-order valence-electron chi connectivity index (χ2n) is 6.08. The summed E-state index contributed by atoms with van der Waals surface area (Å²) >= 11 is 0. The summed E-state index contributed by atoms with van der Waals surface area (Å²) in [5.41, 5.74) is 3.16. The third-order valence-electron chi connectivity index (χ3n) is 3.92. The van der Waals surface area contributed by atoms with Crippen molar-refractivity contribution in [2.75, 3.05) is 47.4 Å². The Kier molecular flexibility index (Phi) is 8.05. The van der Waals surface area contributed by atoms with E-state index in [1.807, 2.05) is 39.7 Å². The molecular formula is C16H31N5O2. The lowest BCUT2D eigenvalue weighted by atomic mass is 10.2. The summed E-state index contributed by atoms with van der Waals surface area (Å²) in [6, 6.07) is -0.0524. The quantitative estimate of drug-likeness (QED) is 0.692. The Labute approximate surface area is 139 Å². The molecule has 0 bridgehead atoms. The number of nitrogens with zero attached hydrogens (tertiary/aromatic N) is 4. The van der Waals surface area contributed by atoms with E-state index in [1.165, 1.54) is 0 Å². The van der Waals surface area contributed by atoms with E-state index >= 15 is 0 Å². The molecule has 7 heteroatoms. The summed E-state index contributed by atoms with van der Waals surface area (Å²) in [6.07, 6.45) is 0.932. The first-order valence-corrected chi connectivity index (χ1v) is 8.02. The van der Waals surface area contributed by atoms with Crippen LogP contribution in [0.25, 0.3) is 0 Å². The molecule has 2 amide bonds. The predicted molar refractivity (Wildman–Crippen MR) is 91.5 cm³/mol. The molecule has 0 aliphatic heterocycles. The van der Waals surface area contributed by atoms with Gasteiger partial charge in [0.15, 0.2) is 0 Å². The fraction of sp³-hybridized carbons (Fsp3) is 0.750. The van der Waals surface area contributed by atoms with E-state index in [0.29, 0.717) is 26.2 Å². The summed E-state index contributed by atoms with van der Waals surface area (Å²) in [6.45, 7) is 7.26. The van der Waals surface area contributed by atoms with Gasteiger partial charge >= 0.3 is 6.03 Å². The van der Waals surface area contributed by atoms with Gasteiger partial charge in [0.05, 0.1) is 18.8 Å². The van der Waals surface area contributed by atoms with Crippen molar-refractivity contribution >= 4 is 6.03 Å². The first kappa shape index (κ1) is 19.4. The molecule has 0 atom stereocenters. The van der Waals surface area contributed by atoms with Crippen LogP contribution in [0.1, 0.15) is 23.4 Å². The zero-order valence-electron chi connectivity index (χ0n) is 15.3. The zero-order chi connectivity index (χ0) is 17.4. The number of carbonyl (C=O) groups excluding carboxylic acids is 1. The van der Waals surface area contributed by atoms with Crippen molar-refractivity contribution in [2.45, 2.75) is 26.8 Å². The number of aryl methyl sites for hydroxylation is 2. The molecule has 0 spiro atoms. The van der Waals surface area contributed by atoms with Gasteiger partial charge in [-0.05, 0) is 40.9 Å². The van der Waals surface area contributed by atoms with Crippen molar-refractivity contribution in [3.05, 3.63) is 17.0 Å². The fourth-order valence-electron chi connectivity index (χ4n) is 2.39. The van der Waals surface area contributed by atoms with Crippen molar-refractivity contribution in [3.63, 3.8) is 0 Å². The lowest BCUT2D eigenvalue weighted by Crippen LogP contribution is -2.42. The molecule has 1 heterocycles. The van der Waals surface area contributed by atoms with Gasteiger partial charge < -0.3 is 19.9 Å². The second kappa shape index (κ2) is 9.52. The number of aromatic nitrogens is 2. The minimum absolute atomic E-state index is 0.0524. The van der Waals surface area contributed by atoms with Crippen LogP contribution in [0.15, 0.2) is 0 Å². The monoisotopic (exact) mass is 325 g/mol. The summed E-state index contributed by atoms with van der Waals surface area (Å²) in [7, 11) is 7.63. The number of ether oxygens (including phenoxy) is 1. The van der Waals surface area contributed by atoms with E-state index < -0.39 is 0 Å². The minimum Gasteiger partial charge on any atom is -0.383 e. The van der Waals surface area contributed by atoms with E-state index in [2.05, 4.69) is 15.3 Å². The predicted octanol–water partition coefficient (Wildman–Crippen LogP) is 1.15. The molecule has 0 unspecified atom stereocenters. The van der Waals surface area contributed by atoms with Crippen molar-refractivity contribution in [3.8, 4) is 0 Å². The third-order valence-corrected chi connectivity index (χ3v) is 3.92. The first-order valence-electron chi connectivity index (χ1n) is 8.02. The summed E-state index contributed by atoms with van der Waals surface area (Å²) in [5, 5.41) is 7.41. The Morgan fingerprint density at radius 2 is 2.00 bits per heavy atom. The maximum Gasteiger partial charge on any atom is 0.317 e. The van der Waals surface area contributed by atoms with E-state index in [4.69, 9.17) is 4.74 Å². The summed E-state index contributed by atoms with van der Waals surface area (Å²) in [5.74, 6) is 0. The maximum atomic E-state index is 12.4. The first-order chi connectivity index (χ1) is 10.9. The van der Waals surface area contributed by atoms with Gasteiger partial charge in [-0.2, -0.15) is 5.10 Å². The van der Waals surface area contributed by atoms with Crippen LogP contribution in [0.3, 0.4) is 0 Å². The van der Waals surface area contributed by atoms with Crippen molar-refractivity contribution < 1.29 is 9.53 Å². The van der Waals surface area contributed by atoms with Gasteiger partial charge in [-0.1, -0.05) is 0 Å². The number of nitrogens with one attached hydrogen (secondary N) is 1. The number of amides is 2. The molecule has 1 N–H and O–H groups in total. The molecule has 0 aromatic carbocycles. The zero-order valence-corrected chi connectivity index (χ0v) is 15.3. The molecule has 0 aliphatic carbocycles. The Morgan fingerprint density at radius 1 is 1.30 bits per heavy atom. The van der Waals surface area contributed by atoms with Crippen molar-refractivity contribution in [1.82, 2.24) is 24.9 Å². The highest BCUT2D eigenvalue weighted by Gasteiger charge is 2.18. The largest absolute Gasteiger partial charge is 0.383 e. The normalized spacial score (nSPS) is 11.1. The SMILES string of the molecule is COCCN(Cc1c(C)nn(C)c1C)C(=O)NCCCN(C)C. The molecule has 0 saturated carbocycles. The van der Waals surface area contributed by atoms with Crippen LogP contribution in [0.2, 0.25) is 0 Å². The molecule has 0 fully saturated rings. The Hall–Kier alpha value is -1.60. The van der Waals surface area contributed by atoms with Gasteiger partial charge in [0.1, 0.15) is 0 Å². The van der Waals surface area contributed by atoms with Crippen LogP contribution in [0.4, 0.5) is 4.79 Å². The van der Waals surface area contributed by atoms with Crippen LogP contribution in [0, 0.1) is 13.8 Å². The van der Waals surface area contributed by atoms with Gasteiger partial charge in [0.2, 0.25) is 0 Å². The van der Waals surface area contributed by atoms with Crippen LogP contribution >= 0.6 is 0 Å². The van der Waals surface area contributed by atoms with Gasteiger partial charge in [-0.15, -0.1) is 0 Å². The smallest absolute Gasteiger partial charge is 0.317 e. The van der Waals surface area contributed by atoms with Crippen LogP contribution in [-0.2, 0) is 18.3 Å². The van der Waals surface area contributed by atoms with Gasteiger partial charge in [-0.25, -0.2) is 4.79 Å². The van der Waals surface area contributed by atoms with Crippen molar-refractivity contribution in [1.29, 1.82) is 0 Å². The topological polar surface area (TPSA) is 62.6 Å². The highest BCUT2D eigenvalue weighted by atomic mass is 16.5. The van der Waals surface area contributed by atoms with Crippen LogP contribution in [0.5, 0.6) is 0 Å². The molecule has 132 valence electrons. The Bertz CT molecular complexity index is 499. The highest BCUT2D eigenvalue weighted by molar-refractivity contribution is 5.74. The molecule has 0 aliphatic rings. The standard InChI is InChI=1S/C16H31N5O2/c1-13-15(14(2)20(5)18-13)12-21(10-11-23-6)16(22)17-8-7-9-19(3)4/h7-12H2,1-6H3,(H,17,22). The molecule has 1 aromatic heterocycles. The van der Waals surface area contributed by atoms with Gasteiger partial charge in [-0.3, -0.25) is 4.68 Å². The van der Waals surface area contributed by atoms with E-state index in [-0.39, 0.29) is 6.03 Å². The van der Waals surface area contributed by atoms with E-state index in [0.717, 1.165) is 29.9 Å². The summed E-state index contributed by atoms with van der Waals surface area (Å²) < 4.78 is 6.99. The third kappa shape index (κ3) is 6.19. The summed E-state index contributed by atoms with van der Waals surface area (Å²) in [4.78, 5) is 16.3. The van der Waals surface area contributed by atoms with Gasteiger partial charge in [0, 0.05) is 38.5 Å². The number of urea groups is 1.